The number of likely N-dealkylation sites (N-methyl/N-ethyl adjacent to an activating group) is 1. The van der Waals surface area contributed by atoms with E-state index >= 15 is 0 Å². The summed E-state index contributed by atoms with van der Waals surface area (Å²) in [4.78, 5) is 23.6. The minimum atomic E-state index is -0.517. The molecule has 17 heavy (non-hydrogen) atoms. The molecule has 1 amide bonds. The van der Waals surface area contributed by atoms with Crippen LogP contribution >= 0.6 is 11.6 Å². The Morgan fingerprint density at radius 2 is 2.06 bits per heavy atom. The van der Waals surface area contributed by atoms with E-state index in [1.807, 2.05) is 0 Å². The van der Waals surface area contributed by atoms with Crippen molar-refractivity contribution in [3.63, 3.8) is 0 Å². The normalized spacial score (nSPS) is 9.88. The van der Waals surface area contributed by atoms with Crippen LogP contribution < -0.4 is 4.74 Å². The summed E-state index contributed by atoms with van der Waals surface area (Å²) in [5.41, 5.74) is 0.841. The summed E-state index contributed by atoms with van der Waals surface area (Å²) in [5.74, 6) is -0.417. The van der Waals surface area contributed by atoms with Gasteiger partial charge in [0.25, 0.3) is 5.91 Å². The number of carbonyl (C=O) groups is 2. The molecule has 0 unspecified atom stereocenters. The minimum Gasteiger partial charge on any atom is -0.495 e. The maximum Gasteiger partial charge on any atom is 0.289 e. The standard InChI is InChI=1S/C12H14ClNO3/c1-8(15)12(16)14(2)7-9-4-5-11(17-3)10(13)6-9/h4-6H,7H2,1-3H3. The number of rotatable bonds is 4. The van der Waals surface area contributed by atoms with Crippen molar-refractivity contribution in [2.45, 2.75) is 13.5 Å². The monoisotopic (exact) mass is 255 g/mol. The van der Waals surface area contributed by atoms with Crippen molar-refractivity contribution in [2.75, 3.05) is 14.2 Å². The quantitative estimate of drug-likeness (QED) is 0.772. The van der Waals surface area contributed by atoms with Crippen molar-refractivity contribution >= 4 is 23.3 Å². The van der Waals surface area contributed by atoms with E-state index in [1.165, 1.54) is 18.9 Å². The number of methoxy groups -OCH3 is 1. The average Bonchev–Trinajstić information content (AvgIpc) is 2.28. The van der Waals surface area contributed by atoms with Gasteiger partial charge in [0.05, 0.1) is 12.1 Å². The van der Waals surface area contributed by atoms with E-state index in [-0.39, 0.29) is 0 Å². The molecule has 0 spiro atoms. The Labute approximate surface area is 105 Å². The predicted molar refractivity (Wildman–Crippen MR) is 65.2 cm³/mol. The highest BCUT2D eigenvalue weighted by Gasteiger charge is 2.14. The topological polar surface area (TPSA) is 46.6 Å². The van der Waals surface area contributed by atoms with E-state index in [1.54, 1.807) is 25.2 Å². The molecule has 5 heteroatoms. The number of ether oxygens (including phenoxy) is 1. The molecule has 0 aliphatic rings. The van der Waals surface area contributed by atoms with Gasteiger partial charge in [-0.15, -0.1) is 0 Å². The van der Waals surface area contributed by atoms with E-state index in [0.717, 1.165) is 5.56 Å². The maximum atomic E-state index is 11.4. The Morgan fingerprint density at radius 1 is 1.41 bits per heavy atom. The summed E-state index contributed by atoms with van der Waals surface area (Å²) in [5, 5.41) is 0.480. The number of Topliss-reactive ketones (excluding diaryl/α,β-unsaturated/α-hetero) is 1. The van der Waals surface area contributed by atoms with Crippen LogP contribution in [0.15, 0.2) is 18.2 Å². The van der Waals surface area contributed by atoms with Gasteiger partial charge in [-0.3, -0.25) is 9.59 Å². The third kappa shape index (κ3) is 3.46. The lowest BCUT2D eigenvalue weighted by atomic mass is 10.2. The molecular weight excluding hydrogens is 242 g/mol. The first kappa shape index (κ1) is 13.5. The third-order valence-electron chi connectivity index (χ3n) is 2.28. The van der Waals surface area contributed by atoms with Crippen LogP contribution in [0.25, 0.3) is 0 Å². The van der Waals surface area contributed by atoms with Crippen LogP contribution in [0, 0.1) is 0 Å². The molecule has 0 heterocycles. The van der Waals surface area contributed by atoms with Gasteiger partial charge in [-0.25, -0.2) is 0 Å². The van der Waals surface area contributed by atoms with Gasteiger partial charge >= 0.3 is 0 Å². The highest BCUT2D eigenvalue weighted by atomic mass is 35.5. The fourth-order valence-corrected chi connectivity index (χ4v) is 1.70. The Kier molecular flexibility index (Phi) is 4.52. The fourth-order valence-electron chi connectivity index (χ4n) is 1.42. The largest absolute Gasteiger partial charge is 0.495 e. The molecule has 0 N–H and O–H groups in total. The van der Waals surface area contributed by atoms with E-state index in [2.05, 4.69) is 0 Å². The molecular formula is C12H14ClNO3. The van der Waals surface area contributed by atoms with E-state index in [0.29, 0.717) is 17.3 Å². The van der Waals surface area contributed by atoms with Crippen LogP contribution in [-0.4, -0.2) is 30.7 Å². The molecule has 0 saturated heterocycles. The second-order valence-electron chi connectivity index (χ2n) is 3.69. The van der Waals surface area contributed by atoms with Gasteiger partial charge in [-0.1, -0.05) is 17.7 Å². The number of amides is 1. The number of benzene rings is 1. The fraction of sp³-hybridized carbons (Fsp3) is 0.333. The molecule has 0 aromatic heterocycles. The van der Waals surface area contributed by atoms with Crippen molar-refractivity contribution in [3.8, 4) is 5.75 Å². The highest BCUT2D eigenvalue weighted by Crippen LogP contribution is 2.25. The SMILES string of the molecule is COc1ccc(CN(C)C(=O)C(C)=O)cc1Cl. The van der Waals surface area contributed by atoms with Crippen LogP contribution in [0.3, 0.4) is 0 Å². The molecule has 0 aliphatic carbocycles. The molecule has 1 rings (SSSR count). The van der Waals surface area contributed by atoms with Crippen molar-refractivity contribution in [1.82, 2.24) is 4.90 Å². The predicted octanol–water partition coefficient (Wildman–Crippen LogP) is 1.90. The number of hydrogen-bond acceptors (Lipinski definition) is 3. The number of halogens is 1. The van der Waals surface area contributed by atoms with Gasteiger partial charge < -0.3 is 9.64 Å². The zero-order chi connectivity index (χ0) is 13.0. The Hall–Kier alpha value is -1.55. The van der Waals surface area contributed by atoms with Gasteiger partial charge in [0.15, 0.2) is 0 Å². The lowest BCUT2D eigenvalue weighted by Crippen LogP contribution is -2.31. The van der Waals surface area contributed by atoms with E-state index in [4.69, 9.17) is 16.3 Å². The summed E-state index contributed by atoms with van der Waals surface area (Å²) in [6, 6.07) is 5.24. The van der Waals surface area contributed by atoms with Gasteiger partial charge in [-0.2, -0.15) is 0 Å². The number of ketones is 1. The molecule has 0 radical (unpaired) electrons. The van der Waals surface area contributed by atoms with E-state index in [9.17, 15) is 9.59 Å². The van der Waals surface area contributed by atoms with E-state index < -0.39 is 11.7 Å². The Balaban J connectivity index is 2.79. The zero-order valence-corrected chi connectivity index (χ0v) is 10.7. The smallest absolute Gasteiger partial charge is 0.289 e. The lowest BCUT2D eigenvalue weighted by molar-refractivity contribution is -0.143. The first-order valence-electron chi connectivity index (χ1n) is 5.04. The van der Waals surface area contributed by atoms with Gasteiger partial charge in [0.2, 0.25) is 5.78 Å². The summed E-state index contributed by atoms with van der Waals surface area (Å²) < 4.78 is 5.02. The van der Waals surface area contributed by atoms with Gasteiger partial charge in [0, 0.05) is 20.5 Å². The second-order valence-corrected chi connectivity index (χ2v) is 4.09. The number of carbonyl (C=O) groups excluding carboxylic acids is 2. The van der Waals surface area contributed by atoms with Crippen LogP contribution in [0.4, 0.5) is 0 Å². The molecule has 4 nitrogen and oxygen atoms in total. The van der Waals surface area contributed by atoms with Gasteiger partial charge in [-0.05, 0) is 17.7 Å². The summed E-state index contributed by atoms with van der Waals surface area (Å²) >= 11 is 5.96. The zero-order valence-electron chi connectivity index (χ0n) is 9.99. The van der Waals surface area contributed by atoms with Crippen molar-refractivity contribution < 1.29 is 14.3 Å². The van der Waals surface area contributed by atoms with Crippen LogP contribution in [0.2, 0.25) is 5.02 Å². The lowest BCUT2D eigenvalue weighted by Gasteiger charge is -2.16. The van der Waals surface area contributed by atoms with Crippen molar-refractivity contribution in [3.05, 3.63) is 28.8 Å². The number of nitrogens with zero attached hydrogens (tertiary/aromatic N) is 1. The molecule has 0 saturated carbocycles. The molecule has 1 aromatic carbocycles. The summed E-state index contributed by atoms with van der Waals surface area (Å²) in [7, 11) is 3.11. The Morgan fingerprint density at radius 3 is 2.53 bits per heavy atom. The second kappa shape index (κ2) is 5.68. The van der Waals surface area contributed by atoms with Gasteiger partial charge in [0.1, 0.15) is 5.75 Å². The van der Waals surface area contributed by atoms with Crippen LogP contribution in [0.5, 0.6) is 5.75 Å². The molecule has 92 valence electrons. The van der Waals surface area contributed by atoms with Crippen LogP contribution in [-0.2, 0) is 16.1 Å². The molecule has 0 bridgehead atoms. The average molecular weight is 256 g/mol. The molecule has 1 aromatic rings. The van der Waals surface area contributed by atoms with Crippen molar-refractivity contribution in [2.24, 2.45) is 0 Å². The molecule has 0 fully saturated rings. The Bertz CT molecular complexity index is 445. The summed E-state index contributed by atoms with van der Waals surface area (Å²) in [6.45, 7) is 1.59. The maximum absolute atomic E-state index is 11.4. The van der Waals surface area contributed by atoms with Crippen LogP contribution in [0.1, 0.15) is 12.5 Å². The molecule has 0 atom stereocenters. The first-order valence-corrected chi connectivity index (χ1v) is 5.42. The first-order chi connectivity index (χ1) is 7.95. The third-order valence-corrected chi connectivity index (χ3v) is 2.58. The minimum absolute atomic E-state index is 0.335. The number of hydrogen-bond donors (Lipinski definition) is 0. The highest BCUT2D eigenvalue weighted by molar-refractivity contribution is 6.35. The summed E-state index contributed by atoms with van der Waals surface area (Å²) in [6.07, 6.45) is 0. The van der Waals surface area contributed by atoms with Crippen molar-refractivity contribution in [1.29, 1.82) is 0 Å². The molecule has 0 aliphatic heterocycles.